The molecule has 0 unspecified atom stereocenters. The maximum absolute atomic E-state index is 11.7. The Morgan fingerprint density at radius 2 is 2.00 bits per heavy atom. The highest BCUT2D eigenvalue weighted by atomic mass is 16.2. The molecule has 1 aliphatic rings. The SMILES string of the molecule is Cc1ccc(N2CC(=O)NCC2=O)c(C)c1. The summed E-state index contributed by atoms with van der Waals surface area (Å²) < 4.78 is 0. The molecule has 2 rings (SSSR count). The number of carbonyl (C=O) groups excluding carboxylic acids is 2. The van der Waals surface area contributed by atoms with Gasteiger partial charge in [0, 0.05) is 5.69 Å². The van der Waals surface area contributed by atoms with E-state index in [1.807, 2.05) is 32.0 Å². The average Bonchev–Trinajstić information content (AvgIpc) is 2.22. The van der Waals surface area contributed by atoms with E-state index in [4.69, 9.17) is 0 Å². The van der Waals surface area contributed by atoms with E-state index in [1.165, 1.54) is 4.90 Å². The third-order valence-corrected chi connectivity index (χ3v) is 2.68. The van der Waals surface area contributed by atoms with Gasteiger partial charge in [0.05, 0.1) is 6.54 Å². The molecule has 2 amide bonds. The number of rotatable bonds is 1. The maximum atomic E-state index is 11.7. The van der Waals surface area contributed by atoms with Crippen LogP contribution in [0.5, 0.6) is 0 Å². The molecule has 1 aromatic carbocycles. The molecular weight excluding hydrogens is 204 g/mol. The number of benzene rings is 1. The molecule has 0 aliphatic carbocycles. The first-order valence-corrected chi connectivity index (χ1v) is 5.22. The zero-order valence-corrected chi connectivity index (χ0v) is 9.41. The summed E-state index contributed by atoms with van der Waals surface area (Å²) in [4.78, 5) is 24.5. The lowest BCUT2D eigenvalue weighted by molar-refractivity contribution is -0.128. The van der Waals surface area contributed by atoms with Gasteiger partial charge < -0.3 is 10.2 Å². The number of aryl methyl sites for hydroxylation is 2. The first-order chi connectivity index (χ1) is 7.58. The smallest absolute Gasteiger partial charge is 0.246 e. The Morgan fingerprint density at radius 1 is 1.25 bits per heavy atom. The predicted octanol–water partition coefficient (Wildman–Crippen LogP) is 0.766. The van der Waals surface area contributed by atoms with E-state index in [2.05, 4.69) is 5.32 Å². The maximum Gasteiger partial charge on any atom is 0.246 e. The summed E-state index contributed by atoms with van der Waals surface area (Å²) in [7, 11) is 0. The molecule has 84 valence electrons. The molecule has 0 atom stereocenters. The minimum atomic E-state index is -0.112. The van der Waals surface area contributed by atoms with Crippen LogP contribution in [0.25, 0.3) is 0 Å². The van der Waals surface area contributed by atoms with Crippen LogP contribution in [0.2, 0.25) is 0 Å². The standard InChI is InChI=1S/C12H14N2O2/c1-8-3-4-10(9(2)5-8)14-7-11(15)13-6-12(14)16/h3-5H,6-7H2,1-2H3,(H,13,15). The summed E-state index contributed by atoms with van der Waals surface area (Å²) in [6.45, 7) is 4.15. The fourth-order valence-corrected chi connectivity index (χ4v) is 1.89. The van der Waals surface area contributed by atoms with E-state index >= 15 is 0 Å². The fraction of sp³-hybridized carbons (Fsp3) is 0.333. The van der Waals surface area contributed by atoms with Crippen molar-refractivity contribution < 1.29 is 9.59 Å². The molecule has 1 saturated heterocycles. The van der Waals surface area contributed by atoms with Gasteiger partial charge in [0.15, 0.2) is 0 Å². The summed E-state index contributed by atoms with van der Waals surface area (Å²) >= 11 is 0. The second kappa shape index (κ2) is 3.96. The van der Waals surface area contributed by atoms with Crippen molar-refractivity contribution in [2.24, 2.45) is 0 Å². The lowest BCUT2D eigenvalue weighted by Gasteiger charge is -2.28. The van der Waals surface area contributed by atoms with Crippen molar-refractivity contribution in [3.63, 3.8) is 0 Å². The van der Waals surface area contributed by atoms with Gasteiger partial charge in [0.2, 0.25) is 11.8 Å². The van der Waals surface area contributed by atoms with Gasteiger partial charge in [-0.1, -0.05) is 17.7 Å². The molecular formula is C12H14N2O2. The summed E-state index contributed by atoms with van der Waals surface area (Å²) in [5.74, 6) is -0.175. The Morgan fingerprint density at radius 3 is 2.69 bits per heavy atom. The van der Waals surface area contributed by atoms with E-state index in [0.717, 1.165) is 16.8 Å². The Hall–Kier alpha value is -1.84. The second-order valence-electron chi connectivity index (χ2n) is 4.05. The van der Waals surface area contributed by atoms with Gasteiger partial charge in [-0.3, -0.25) is 9.59 Å². The van der Waals surface area contributed by atoms with Crippen LogP contribution in [0.15, 0.2) is 18.2 Å². The van der Waals surface area contributed by atoms with Gasteiger partial charge in [0.1, 0.15) is 6.54 Å². The monoisotopic (exact) mass is 218 g/mol. The zero-order valence-electron chi connectivity index (χ0n) is 9.41. The topological polar surface area (TPSA) is 49.4 Å². The van der Waals surface area contributed by atoms with Crippen LogP contribution in [0, 0.1) is 13.8 Å². The molecule has 0 spiro atoms. The molecule has 4 nitrogen and oxygen atoms in total. The fourth-order valence-electron chi connectivity index (χ4n) is 1.89. The minimum absolute atomic E-state index is 0.0634. The summed E-state index contributed by atoms with van der Waals surface area (Å²) in [6, 6.07) is 5.85. The van der Waals surface area contributed by atoms with Gasteiger partial charge in [-0.05, 0) is 25.5 Å². The van der Waals surface area contributed by atoms with Crippen molar-refractivity contribution >= 4 is 17.5 Å². The van der Waals surface area contributed by atoms with Crippen molar-refractivity contribution in [1.29, 1.82) is 0 Å². The third-order valence-electron chi connectivity index (χ3n) is 2.68. The Bertz CT molecular complexity index is 454. The van der Waals surface area contributed by atoms with Crippen LogP contribution in [-0.4, -0.2) is 24.9 Å². The highest BCUT2D eigenvalue weighted by molar-refractivity contribution is 6.04. The predicted molar refractivity (Wildman–Crippen MR) is 61.3 cm³/mol. The Balaban J connectivity index is 2.35. The normalized spacial score (nSPS) is 16.2. The molecule has 1 N–H and O–H groups in total. The lowest BCUT2D eigenvalue weighted by Crippen LogP contribution is -2.51. The Labute approximate surface area is 94.2 Å². The van der Waals surface area contributed by atoms with Gasteiger partial charge >= 0.3 is 0 Å². The molecule has 0 bridgehead atoms. The quantitative estimate of drug-likeness (QED) is 0.756. The first-order valence-electron chi connectivity index (χ1n) is 5.22. The zero-order chi connectivity index (χ0) is 11.7. The van der Waals surface area contributed by atoms with Crippen LogP contribution < -0.4 is 10.2 Å². The molecule has 1 heterocycles. The molecule has 1 aromatic rings. The van der Waals surface area contributed by atoms with Crippen molar-refractivity contribution in [2.45, 2.75) is 13.8 Å². The van der Waals surface area contributed by atoms with E-state index in [1.54, 1.807) is 0 Å². The number of nitrogens with zero attached hydrogens (tertiary/aromatic N) is 1. The van der Waals surface area contributed by atoms with Crippen molar-refractivity contribution in [1.82, 2.24) is 5.32 Å². The van der Waals surface area contributed by atoms with Crippen LogP contribution in [-0.2, 0) is 9.59 Å². The molecule has 0 aromatic heterocycles. The third kappa shape index (κ3) is 1.91. The van der Waals surface area contributed by atoms with Crippen molar-refractivity contribution in [3.8, 4) is 0 Å². The molecule has 4 heteroatoms. The number of carbonyl (C=O) groups is 2. The van der Waals surface area contributed by atoms with E-state index in [-0.39, 0.29) is 24.9 Å². The first kappa shape index (κ1) is 10.7. The van der Waals surface area contributed by atoms with Crippen molar-refractivity contribution in [2.75, 3.05) is 18.0 Å². The average molecular weight is 218 g/mol. The molecule has 0 radical (unpaired) electrons. The molecule has 1 aliphatic heterocycles. The number of anilines is 1. The van der Waals surface area contributed by atoms with E-state index in [0.29, 0.717) is 0 Å². The number of piperazine rings is 1. The number of amides is 2. The molecule has 16 heavy (non-hydrogen) atoms. The highest BCUT2D eigenvalue weighted by Crippen LogP contribution is 2.21. The van der Waals surface area contributed by atoms with Crippen LogP contribution >= 0.6 is 0 Å². The minimum Gasteiger partial charge on any atom is -0.345 e. The number of hydrogen-bond donors (Lipinski definition) is 1. The largest absolute Gasteiger partial charge is 0.345 e. The highest BCUT2D eigenvalue weighted by Gasteiger charge is 2.25. The van der Waals surface area contributed by atoms with E-state index < -0.39 is 0 Å². The van der Waals surface area contributed by atoms with Gasteiger partial charge in [-0.25, -0.2) is 0 Å². The second-order valence-corrected chi connectivity index (χ2v) is 4.05. The van der Waals surface area contributed by atoms with Crippen LogP contribution in [0.1, 0.15) is 11.1 Å². The summed E-state index contributed by atoms with van der Waals surface area (Å²) in [6.07, 6.45) is 0. The summed E-state index contributed by atoms with van der Waals surface area (Å²) in [5, 5.41) is 2.53. The molecule has 0 saturated carbocycles. The van der Waals surface area contributed by atoms with Gasteiger partial charge in [-0.2, -0.15) is 0 Å². The number of hydrogen-bond acceptors (Lipinski definition) is 2. The van der Waals surface area contributed by atoms with Gasteiger partial charge in [0.25, 0.3) is 0 Å². The Kier molecular flexibility index (Phi) is 2.64. The molecule has 1 fully saturated rings. The number of nitrogens with one attached hydrogen (secondary N) is 1. The van der Waals surface area contributed by atoms with Crippen molar-refractivity contribution in [3.05, 3.63) is 29.3 Å². The van der Waals surface area contributed by atoms with Crippen LogP contribution in [0.4, 0.5) is 5.69 Å². The van der Waals surface area contributed by atoms with E-state index in [9.17, 15) is 9.59 Å². The van der Waals surface area contributed by atoms with Gasteiger partial charge in [-0.15, -0.1) is 0 Å². The lowest BCUT2D eigenvalue weighted by atomic mass is 10.1. The summed E-state index contributed by atoms with van der Waals surface area (Å²) in [5.41, 5.74) is 2.99. The van der Waals surface area contributed by atoms with Crippen LogP contribution in [0.3, 0.4) is 0 Å².